The van der Waals surface area contributed by atoms with Gasteiger partial charge in [0, 0.05) is 12.4 Å². The van der Waals surface area contributed by atoms with Crippen molar-refractivity contribution in [1.29, 1.82) is 0 Å². The lowest BCUT2D eigenvalue weighted by molar-refractivity contribution is 0.0956. The molecule has 0 fully saturated rings. The molecule has 4 nitrogen and oxygen atoms in total. The second-order valence-corrected chi connectivity index (χ2v) is 3.97. The largest absolute Gasteiger partial charge is 0.351 e. The average Bonchev–Trinajstić information content (AvgIpc) is 2.59. The molecule has 0 spiro atoms. The van der Waals surface area contributed by atoms with E-state index in [9.17, 15) is 4.79 Å². The first-order chi connectivity index (χ1) is 6.75. The number of nitrogens with one attached hydrogen (secondary N) is 1. The van der Waals surface area contributed by atoms with Crippen molar-refractivity contribution in [2.45, 2.75) is 19.8 Å². The molecule has 1 N–H and O–H groups in total. The van der Waals surface area contributed by atoms with E-state index in [0.717, 1.165) is 24.4 Å². The van der Waals surface area contributed by atoms with Gasteiger partial charge in [0.2, 0.25) is 0 Å². The van der Waals surface area contributed by atoms with Crippen molar-refractivity contribution in [2.24, 2.45) is 0 Å². The molecule has 0 aliphatic heterocycles. The van der Waals surface area contributed by atoms with Crippen LogP contribution in [0.4, 0.5) is 0 Å². The Morgan fingerprint density at radius 1 is 1.57 bits per heavy atom. The van der Waals surface area contributed by atoms with E-state index in [1.54, 1.807) is 6.92 Å². The first-order valence-corrected chi connectivity index (χ1v) is 5.69. The Morgan fingerprint density at radius 2 is 2.36 bits per heavy atom. The molecule has 0 aliphatic rings. The molecule has 1 rings (SSSR count). The molecule has 0 bridgehead atoms. The van der Waals surface area contributed by atoms with Crippen LogP contribution in [0.2, 0.25) is 0 Å². The standard InChI is InChI=1S/C8H12ClN3OS/c1-6-7(14-12-11-6)8(13)10-5-3-2-4-9/h2-5H2,1H3,(H,10,13). The Kier molecular flexibility index (Phi) is 4.82. The summed E-state index contributed by atoms with van der Waals surface area (Å²) in [6.45, 7) is 2.43. The molecule has 14 heavy (non-hydrogen) atoms. The third kappa shape index (κ3) is 3.23. The maximum atomic E-state index is 11.5. The number of unbranched alkanes of at least 4 members (excludes halogenated alkanes) is 1. The number of alkyl halides is 1. The normalized spacial score (nSPS) is 10.1. The minimum atomic E-state index is -0.0907. The number of hydrogen-bond donors (Lipinski definition) is 1. The molecular formula is C8H12ClN3OS. The molecule has 0 saturated carbocycles. The van der Waals surface area contributed by atoms with Gasteiger partial charge in [-0.15, -0.1) is 16.7 Å². The van der Waals surface area contributed by atoms with Gasteiger partial charge >= 0.3 is 0 Å². The van der Waals surface area contributed by atoms with Gasteiger partial charge in [-0.1, -0.05) is 4.49 Å². The van der Waals surface area contributed by atoms with E-state index < -0.39 is 0 Å². The number of carbonyl (C=O) groups is 1. The number of rotatable bonds is 5. The van der Waals surface area contributed by atoms with Gasteiger partial charge in [-0.25, -0.2) is 0 Å². The molecular weight excluding hydrogens is 222 g/mol. The van der Waals surface area contributed by atoms with Gasteiger partial charge in [0.15, 0.2) is 0 Å². The Balaban J connectivity index is 2.32. The molecule has 0 unspecified atom stereocenters. The van der Waals surface area contributed by atoms with Crippen LogP contribution in [-0.4, -0.2) is 27.9 Å². The van der Waals surface area contributed by atoms with Crippen molar-refractivity contribution in [1.82, 2.24) is 14.9 Å². The topological polar surface area (TPSA) is 54.9 Å². The molecule has 0 atom stereocenters. The fourth-order valence-electron chi connectivity index (χ4n) is 0.941. The van der Waals surface area contributed by atoms with Crippen molar-refractivity contribution in [2.75, 3.05) is 12.4 Å². The molecule has 0 radical (unpaired) electrons. The second kappa shape index (κ2) is 5.93. The van der Waals surface area contributed by atoms with Crippen LogP contribution in [-0.2, 0) is 0 Å². The summed E-state index contributed by atoms with van der Waals surface area (Å²) in [5, 5.41) is 6.56. The second-order valence-electron chi connectivity index (χ2n) is 2.84. The number of nitrogens with zero attached hydrogens (tertiary/aromatic N) is 2. The fourth-order valence-corrected chi connectivity index (χ4v) is 1.70. The number of aromatic nitrogens is 2. The zero-order valence-corrected chi connectivity index (χ0v) is 9.49. The van der Waals surface area contributed by atoms with Crippen LogP contribution in [0.3, 0.4) is 0 Å². The van der Waals surface area contributed by atoms with Crippen molar-refractivity contribution >= 4 is 29.0 Å². The van der Waals surface area contributed by atoms with Gasteiger partial charge in [-0.2, -0.15) is 0 Å². The first-order valence-electron chi connectivity index (χ1n) is 4.39. The maximum absolute atomic E-state index is 11.5. The molecule has 0 aromatic carbocycles. The molecule has 1 amide bonds. The summed E-state index contributed by atoms with van der Waals surface area (Å²) in [7, 11) is 0. The quantitative estimate of drug-likeness (QED) is 0.621. The van der Waals surface area contributed by atoms with Gasteiger partial charge in [-0.05, 0) is 31.3 Å². The van der Waals surface area contributed by atoms with Crippen LogP contribution < -0.4 is 5.32 Å². The average molecular weight is 234 g/mol. The molecule has 1 aromatic rings. The minimum Gasteiger partial charge on any atom is -0.351 e. The summed E-state index contributed by atoms with van der Waals surface area (Å²) < 4.78 is 3.70. The highest BCUT2D eigenvalue weighted by Crippen LogP contribution is 2.08. The van der Waals surface area contributed by atoms with E-state index >= 15 is 0 Å². The molecule has 78 valence electrons. The van der Waals surface area contributed by atoms with E-state index in [1.807, 2.05) is 0 Å². The Labute approximate surface area is 91.8 Å². The van der Waals surface area contributed by atoms with Crippen molar-refractivity contribution < 1.29 is 4.79 Å². The van der Waals surface area contributed by atoms with Crippen molar-refractivity contribution in [3.05, 3.63) is 10.6 Å². The van der Waals surface area contributed by atoms with E-state index in [2.05, 4.69) is 14.9 Å². The Hall–Kier alpha value is -0.680. The van der Waals surface area contributed by atoms with E-state index in [4.69, 9.17) is 11.6 Å². The van der Waals surface area contributed by atoms with Crippen molar-refractivity contribution in [3.8, 4) is 0 Å². The van der Waals surface area contributed by atoms with Gasteiger partial charge in [0.05, 0.1) is 5.69 Å². The summed E-state index contributed by atoms with van der Waals surface area (Å²) in [6, 6.07) is 0. The summed E-state index contributed by atoms with van der Waals surface area (Å²) >= 11 is 6.63. The summed E-state index contributed by atoms with van der Waals surface area (Å²) in [6.07, 6.45) is 1.82. The number of aryl methyl sites for hydroxylation is 1. The lowest BCUT2D eigenvalue weighted by Crippen LogP contribution is -2.24. The monoisotopic (exact) mass is 233 g/mol. The van der Waals surface area contributed by atoms with Crippen LogP contribution in [0, 0.1) is 6.92 Å². The zero-order valence-electron chi connectivity index (χ0n) is 7.92. The van der Waals surface area contributed by atoms with Gasteiger partial charge in [-0.3, -0.25) is 4.79 Å². The summed E-state index contributed by atoms with van der Waals surface area (Å²) in [4.78, 5) is 12.1. The van der Waals surface area contributed by atoms with Gasteiger partial charge in [0.25, 0.3) is 5.91 Å². The van der Waals surface area contributed by atoms with Gasteiger partial charge in [0.1, 0.15) is 4.88 Å². The smallest absolute Gasteiger partial charge is 0.264 e. The highest BCUT2D eigenvalue weighted by atomic mass is 35.5. The lowest BCUT2D eigenvalue weighted by Gasteiger charge is -2.01. The number of carbonyl (C=O) groups excluding carboxylic acids is 1. The zero-order chi connectivity index (χ0) is 10.4. The summed E-state index contributed by atoms with van der Waals surface area (Å²) in [5.74, 6) is 0.545. The number of amides is 1. The molecule has 1 aromatic heterocycles. The highest BCUT2D eigenvalue weighted by Gasteiger charge is 2.11. The van der Waals surface area contributed by atoms with E-state index in [0.29, 0.717) is 23.0 Å². The van der Waals surface area contributed by atoms with Crippen LogP contribution >= 0.6 is 23.1 Å². The van der Waals surface area contributed by atoms with Gasteiger partial charge < -0.3 is 5.32 Å². The fraction of sp³-hybridized carbons (Fsp3) is 0.625. The van der Waals surface area contributed by atoms with Crippen LogP contribution in [0.1, 0.15) is 28.2 Å². The van der Waals surface area contributed by atoms with Crippen LogP contribution in [0.25, 0.3) is 0 Å². The maximum Gasteiger partial charge on any atom is 0.264 e. The molecule has 1 heterocycles. The van der Waals surface area contributed by atoms with E-state index in [1.165, 1.54) is 0 Å². The molecule has 6 heteroatoms. The SMILES string of the molecule is Cc1nnsc1C(=O)NCCCCCl. The first kappa shape index (κ1) is 11.4. The van der Waals surface area contributed by atoms with E-state index in [-0.39, 0.29) is 5.91 Å². The predicted molar refractivity (Wildman–Crippen MR) is 56.9 cm³/mol. The summed E-state index contributed by atoms with van der Waals surface area (Å²) in [5.41, 5.74) is 0.685. The lowest BCUT2D eigenvalue weighted by atomic mass is 10.3. The van der Waals surface area contributed by atoms with Crippen LogP contribution in [0.5, 0.6) is 0 Å². The predicted octanol–water partition coefficient (Wildman–Crippen LogP) is 1.60. The number of halogens is 1. The van der Waals surface area contributed by atoms with Crippen LogP contribution in [0.15, 0.2) is 0 Å². The third-order valence-electron chi connectivity index (χ3n) is 1.70. The highest BCUT2D eigenvalue weighted by molar-refractivity contribution is 7.07. The Bertz CT molecular complexity index is 303. The number of hydrogen-bond acceptors (Lipinski definition) is 4. The van der Waals surface area contributed by atoms with Crippen molar-refractivity contribution in [3.63, 3.8) is 0 Å². The Morgan fingerprint density at radius 3 is 2.93 bits per heavy atom. The minimum absolute atomic E-state index is 0.0907. The third-order valence-corrected chi connectivity index (χ3v) is 2.80. The molecule has 0 aliphatic carbocycles. The molecule has 0 saturated heterocycles.